The molecule has 0 fully saturated rings. The summed E-state index contributed by atoms with van der Waals surface area (Å²) in [6.07, 6.45) is 12.5. The lowest BCUT2D eigenvalue weighted by Gasteiger charge is -2.09. The highest BCUT2D eigenvalue weighted by Crippen LogP contribution is 2.15. The molecule has 0 aromatic heterocycles. The van der Waals surface area contributed by atoms with Crippen LogP contribution in [-0.4, -0.2) is 6.54 Å². The third-order valence-corrected chi connectivity index (χ3v) is 2.95. The molecule has 0 bridgehead atoms. The molecule has 1 unspecified atom stereocenters. The third kappa shape index (κ3) is 14.2. The van der Waals surface area contributed by atoms with Crippen LogP contribution in [0.15, 0.2) is 0 Å². The van der Waals surface area contributed by atoms with Gasteiger partial charge in [0, 0.05) is 0 Å². The first-order valence-corrected chi connectivity index (χ1v) is 6.51. The van der Waals surface area contributed by atoms with Gasteiger partial charge in [0.15, 0.2) is 0 Å². The average Bonchev–Trinajstić information content (AvgIpc) is 2.20. The van der Waals surface area contributed by atoms with Gasteiger partial charge in [-0.1, -0.05) is 58.8 Å². The number of hydrogen-bond acceptors (Lipinski definition) is 1. The smallest absolute Gasteiger partial charge is 0.00772 e. The second kappa shape index (κ2) is 14.2. The molecule has 0 amide bonds. The van der Waals surface area contributed by atoms with Gasteiger partial charge in [0.2, 0.25) is 0 Å². The van der Waals surface area contributed by atoms with E-state index in [-0.39, 0.29) is 12.4 Å². The van der Waals surface area contributed by atoms with Gasteiger partial charge in [-0.2, -0.15) is 0 Å². The summed E-state index contributed by atoms with van der Waals surface area (Å²) in [6.45, 7) is 5.50. The Bertz CT molecular complexity index is 107. The Morgan fingerprint density at radius 3 is 2.00 bits per heavy atom. The first kappa shape index (κ1) is 17.6. The van der Waals surface area contributed by atoms with Crippen LogP contribution in [0, 0.1) is 5.92 Å². The maximum absolute atomic E-state index is 5.49. The monoisotopic (exact) mass is 235 g/mol. The molecule has 0 spiro atoms. The van der Waals surface area contributed by atoms with E-state index in [9.17, 15) is 0 Å². The van der Waals surface area contributed by atoms with Crippen LogP contribution in [0.3, 0.4) is 0 Å². The first-order valence-electron chi connectivity index (χ1n) is 6.51. The maximum atomic E-state index is 5.49. The quantitative estimate of drug-likeness (QED) is 0.553. The zero-order valence-electron chi connectivity index (χ0n) is 10.6. The van der Waals surface area contributed by atoms with Crippen molar-refractivity contribution in [3.63, 3.8) is 0 Å². The lowest BCUT2D eigenvalue weighted by Crippen LogP contribution is -2.02. The molecule has 94 valence electrons. The van der Waals surface area contributed by atoms with Gasteiger partial charge in [-0.25, -0.2) is 0 Å². The number of hydrogen-bond donors (Lipinski definition) is 1. The van der Waals surface area contributed by atoms with E-state index in [1.165, 1.54) is 57.8 Å². The zero-order chi connectivity index (χ0) is 10.6. The Morgan fingerprint density at radius 2 is 1.40 bits per heavy atom. The molecule has 0 aromatic carbocycles. The van der Waals surface area contributed by atoms with Crippen molar-refractivity contribution in [3.05, 3.63) is 0 Å². The minimum absolute atomic E-state index is 0. The van der Waals surface area contributed by atoms with E-state index in [4.69, 9.17) is 5.73 Å². The second-order valence-electron chi connectivity index (χ2n) is 4.59. The Morgan fingerprint density at radius 1 is 0.867 bits per heavy atom. The van der Waals surface area contributed by atoms with Gasteiger partial charge in [0.1, 0.15) is 0 Å². The molecule has 2 N–H and O–H groups in total. The summed E-state index contributed by atoms with van der Waals surface area (Å²) in [5, 5.41) is 0. The molecule has 0 saturated heterocycles. The lowest BCUT2D eigenvalue weighted by atomic mass is 9.97. The van der Waals surface area contributed by atoms with Crippen molar-refractivity contribution < 1.29 is 0 Å². The van der Waals surface area contributed by atoms with Crippen LogP contribution in [-0.2, 0) is 0 Å². The molecule has 0 aliphatic rings. The third-order valence-electron chi connectivity index (χ3n) is 2.95. The SMILES string of the molecule is CCCCCCCCC(C)CCCN.Cl. The lowest BCUT2D eigenvalue weighted by molar-refractivity contribution is 0.446. The van der Waals surface area contributed by atoms with Crippen molar-refractivity contribution in [2.24, 2.45) is 11.7 Å². The van der Waals surface area contributed by atoms with Crippen LogP contribution >= 0.6 is 12.4 Å². The van der Waals surface area contributed by atoms with E-state index in [1.54, 1.807) is 0 Å². The highest BCUT2D eigenvalue weighted by molar-refractivity contribution is 5.85. The van der Waals surface area contributed by atoms with Crippen molar-refractivity contribution in [2.45, 2.75) is 71.6 Å². The topological polar surface area (TPSA) is 26.0 Å². The molecule has 15 heavy (non-hydrogen) atoms. The van der Waals surface area contributed by atoms with Crippen molar-refractivity contribution in [2.75, 3.05) is 6.54 Å². The summed E-state index contributed by atoms with van der Waals surface area (Å²) in [4.78, 5) is 0. The maximum Gasteiger partial charge on any atom is -0.00772 e. The Balaban J connectivity index is 0. The molecule has 0 radical (unpaired) electrons. The molecular formula is C13H30ClN. The Kier molecular flexibility index (Phi) is 16.8. The van der Waals surface area contributed by atoms with E-state index in [1.807, 2.05) is 0 Å². The molecule has 0 aliphatic carbocycles. The van der Waals surface area contributed by atoms with Crippen molar-refractivity contribution in [3.8, 4) is 0 Å². The minimum atomic E-state index is 0. The highest BCUT2D eigenvalue weighted by Gasteiger charge is 2.00. The van der Waals surface area contributed by atoms with Crippen molar-refractivity contribution in [1.82, 2.24) is 0 Å². The summed E-state index contributed by atoms with van der Waals surface area (Å²) < 4.78 is 0. The highest BCUT2D eigenvalue weighted by atomic mass is 35.5. The van der Waals surface area contributed by atoms with E-state index in [0.717, 1.165) is 12.5 Å². The van der Waals surface area contributed by atoms with Crippen molar-refractivity contribution >= 4 is 12.4 Å². The molecule has 0 saturated carbocycles. The zero-order valence-corrected chi connectivity index (χ0v) is 11.5. The molecule has 0 heterocycles. The van der Waals surface area contributed by atoms with Gasteiger partial charge in [-0.15, -0.1) is 12.4 Å². The predicted octanol–water partition coefficient (Wildman–Crippen LogP) is 4.53. The van der Waals surface area contributed by atoms with Crippen LogP contribution in [0.2, 0.25) is 0 Å². The minimum Gasteiger partial charge on any atom is -0.330 e. The van der Waals surface area contributed by atoms with Gasteiger partial charge in [-0.05, 0) is 25.3 Å². The number of halogens is 1. The Labute approximate surface area is 103 Å². The summed E-state index contributed by atoms with van der Waals surface area (Å²) in [7, 11) is 0. The van der Waals surface area contributed by atoms with Gasteiger partial charge in [0.25, 0.3) is 0 Å². The molecular weight excluding hydrogens is 206 g/mol. The van der Waals surface area contributed by atoms with Crippen molar-refractivity contribution in [1.29, 1.82) is 0 Å². The molecule has 1 atom stereocenters. The van der Waals surface area contributed by atoms with Crippen LogP contribution < -0.4 is 5.73 Å². The van der Waals surface area contributed by atoms with Crippen LogP contribution in [0.25, 0.3) is 0 Å². The fraction of sp³-hybridized carbons (Fsp3) is 1.00. The van der Waals surface area contributed by atoms with E-state index in [0.29, 0.717) is 0 Å². The normalized spacial score (nSPS) is 12.2. The van der Waals surface area contributed by atoms with Crippen LogP contribution in [0.1, 0.15) is 71.6 Å². The summed E-state index contributed by atoms with van der Waals surface area (Å²) in [5.74, 6) is 0.893. The van der Waals surface area contributed by atoms with Gasteiger partial charge >= 0.3 is 0 Å². The molecule has 1 nitrogen and oxygen atoms in total. The van der Waals surface area contributed by atoms with Crippen LogP contribution in [0.5, 0.6) is 0 Å². The van der Waals surface area contributed by atoms with Crippen LogP contribution in [0.4, 0.5) is 0 Å². The molecule has 2 heteroatoms. The van der Waals surface area contributed by atoms with E-state index >= 15 is 0 Å². The fourth-order valence-corrected chi connectivity index (χ4v) is 1.88. The number of rotatable bonds is 10. The second-order valence-corrected chi connectivity index (χ2v) is 4.59. The average molecular weight is 236 g/mol. The van der Waals surface area contributed by atoms with Gasteiger partial charge in [-0.3, -0.25) is 0 Å². The Hall–Kier alpha value is 0.250. The summed E-state index contributed by atoms with van der Waals surface area (Å²) >= 11 is 0. The molecule has 0 aliphatic heterocycles. The molecule has 0 aromatic rings. The largest absolute Gasteiger partial charge is 0.330 e. The standard InChI is InChI=1S/C13H29N.ClH/c1-3-4-5-6-7-8-10-13(2)11-9-12-14;/h13H,3-12,14H2,1-2H3;1H. The van der Waals surface area contributed by atoms with E-state index < -0.39 is 0 Å². The molecule has 0 rings (SSSR count). The number of unbranched alkanes of at least 4 members (excludes halogenated alkanes) is 5. The summed E-state index contributed by atoms with van der Waals surface area (Å²) in [5.41, 5.74) is 5.49. The fourth-order valence-electron chi connectivity index (χ4n) is 1.88. The number of nitrogens with two attached hydrogens (primary N) is 1. The summed E-state index contributed by atoms with van der Waals surface area (Å²) in [6, 6.07) is 0. The predicted molar refractivity (Wildman–Crippen MR) is 72.7 cm³/mol. The van der Waals surface area contributed by atoms with Gasteiger partial charge < -0.3 is 5.73 Å². The van der Waals surface area contributed by atoms with E-state index in [2.05, 4.69) is 13.8 Å². The first-order chi connectivity index (χ1) is 6.81. The van der Waals surface area contributed by atoms with Gasteiger partial charge in [0.05, 0.1) is 0 Å².